The SMILES string of the molecule is COC(=O)C(F)(C(O)Cc1ccc(F)c(Oc2ccccc2)c1)[C@@H](c1ccc(Cl)cc1)C1CC1.COC(=O)C(F)(C(O)Cc1ccc(F)c(Oc2ccccc2)c1)[C@@H](c1ccc(Cl)cc1)C1CC1.COC(=O)C(F)[C@@H](c1ccc(Cl)cc1)C1CC1.OCCc1ccc(F)c(Oc2ccccc2)c1. The normalized spacial score (nSPS) is 16.0. The molecule has 0 aliphatic heterocycles. The van der Waals surface area contributed by atoms with Crippen LogP contribution in [0.15, 0.2) is 218 Å². The van der Waals surface area contributed by atoms with Gasteiger partial charge in [-0.05, 0) is 205 Å². The third-order valence-electron chi connectivity index (χ3n) is 17.8. The van der Waals surface area contributed by atoms with Gasteiger partial charge in [-0.3, -0.25) is 0 Å². The van der Waals surface area contributed by atoms with Crippen molar-refractivity contribution < 1.29 is 84.5 Å². The van der Waals surface area contributed by atoms with Gasteiger partial charge in [0.1, 0.15) is 29.5 Å². The number of aliphatic hydroxyl groups is 3. The Morgan fingerprint density at radius 2 is 0.755 bits per heavy atom. The molecule has 0 radical (unpaired) electrons. The largest absolute Gasteiger partial charge is 0.467 e. The Bertz CT molecular complexity index is 4000. The predicted molar refractivity (Wildman–Crippen MR) is 378 cm³/mol. The van der Waals surface area contributed by atoms with E-state index in [0.29, 0.717) is 61.0 Å². The molecule has 0 amide bonds. The summed E-state index contributed by atoms with van der Waals surface area (Å²) in [7, 11) is 3.40. The summed E-state index contributed by atoms with van der Waals surface area (Å²) in [5, 5.41) is 32.6. The van der Waals surface area contributed by atoms with Crippen LogP contribution in [0.2, 0.25) is 15.1 Å². The van der Waals surface area contributed by atoms with E-state index in [4.69, 9.17) is 63.6 Å². The first-order chi connectivity index (χ1) is 49.1. The first kappa shape index (κ1) is 77.3. The number of carbonyl (C=O) groups is 3. The van der Waals surface area contributed by atoms with Crippen molar-refractivity contribution in [1.29, 1.82) is 0 Å². The Kier molecular flexibility index (Phi) is 27.5. The zero-order chi connectivity index (χ0) is 73.1. The number of hydrogen-bond donors (Lipinski definition) is 3. The Morgan fingerprint density at radius 1 is 0.441 bits per heavy atom. The summed E-state index contributed by atoms with van der Waals surface area (Å²) in [6.07, 6.45) is -0.213. The molecular formula is C81H77Cl3F6O12. The zero-order valence-corrected chi connectivity index (χ0v) is 58.2. The van der Waals surface area contributed by atoms with E-state index in [-0.39, 0.29) is 54.5 Å². The van der Waals surface area contributed by atoms with E-state index >= 15 is 8.78 Å². The summed E-state index contributed by atoms with van der Waals surface area (Å²) >= 11 is 17.8. The van der Waals surface area contributed by atoms with Gasteiger partial charge in [-0.2, -0.15) is 0 Å². The van der Waals surface area contributed by atoms with Gasteiger partial charge in [-0.1, -0.05) is 144 Å². The predicted octanol–water partition coefficient (Wildman–Crippen LogP) is 19.0. The number of alkyl halides is 3. The number of hydrogen-bond acceptors (Lipinski definition) is 12. The van der Waals surface area contributed by atoms with Crippen LogP contribution in [-0.4, -0.2) is 90.9 Å². The van der Waals surface area contributed by atoms with Crippen LogP contribution in [-0.2, 0) is 47.9 Å². The summed E-state index contributed by atoms with van der Waals surface area (Å²) < 4.78 is 120. The molecule has 3 aliphatic carbocycles. The molecule has 3 N–H and O–H groups in total. The van der Waals surface area contributed by atoms with Gasteiger partial charge < -0.3 is 43.7 Å². The van der Waals surface area contributed by atoms with Crippen molar-refractivity contribution in [2.24, 2.45) is 17.8 Å². The fourth-order valence-electron chi connectivity index (χ4n) is 12.3. The molecule has 0 spiro atoms. The summed E-state index contributed by atoms with van der Waals surface area (Å²) in [5.41, 5.74) is -1.81. The van der Waals surface area contributed by atoms with Crippen molar-refractivity contribution in [1.82, 2.24) is 0 Å². The molecule has 0 saturated heterocycles. The smallest absolute Gasteiger partial charge is 0.347 e. The molecular weight excluding hydrogens is 1390 g/mol. The molecule has 3 aliphatic rings. The molecule has 102 heavy (non-hydrogen) atoms. The van der Waals surface area contributed by atoms with Crippen LogP contribution in [0.4, 0.5) is 26.3 Å². The van der Waals surface area contributed by atoms with Gasteiger partial charge in [0.15, 0.2) is 34.7 Å². The van der Waals surface area contributed by atoms with Crippen molar-refractivity contribution in [3.8, 4) is 34.5 Å². The number of esters is 3. The number of methoxy groups -OCH3 is 3. The minimum absolute atomic E-state index is 0.0381. The highest BCUT2D eigenvalue weighted by Gasteiger charge is 2.60. The molecule has 0 bridgehead atoms. The molecule has 8 atom stereocenters. The van der Waals surface area contributed by atoms with Gasteiger partial charge in [-0.15, -0.1) is 0 Å². The second-order valence-electron chi connectivity index (χ2n) is 25.0. The van der Waals surface area contributed by atoms with Crippen LogP contribution < -0.4 is 14.2 Å². The van der Waals surface area contributed by atoms with Crippen LogP contribution >= 0.6 is 34.8 Å². The van der Waals surface area contributed by atoms with E-state index < -0.39 is 82.8 Å². The maximum absolute atomic E-state index is 16.7. The molecule has 0 heterocycles. The van der Waals surface area contributed by atoms with E-state index in [2.05, 4.69) is 4.74 Å². The summed E-state index contributed by atoms with van der Waals surface area (Å²) in [6.45, 7) is 0.0381. The molecule has 3 fully saturated rings. The highest BCUT2D eigenvalue weighted by molar-refractivity contribution is 6.31. The average Bonchev–Trinajstić information content (AvgIpc) is 1.57. The molecule has 21 heteroatoms. The van der Waals surface area contributed by atoms with Gasteiger partial charge in [0.05, 0.1) is 21.3 Å². The van der Waals surface area contributed by atoms with Crippen molar-refractivity contribution in [3.05, 3.63) is 284 Å². The van der Waals surface area contributed by atoms with Crippen molar-refractivity contribution >= 4 is 52.7 Å². The number of ether oxygens (including phenoxy) is 6. The van der Waals surface area contributed by atoms with Crippen molar-refractivity contribution in [3.63, 3.8) is 0 Å². The number of benzene rings is 9. The standard InChI is InChI=1S/2C27H25ClF2O4.C14H13FO2.C13H14ClFO2/c2*1-33-26(32)27(30,25(18-8-9-18)19-10-12-20(28)13-11-19)24(31)16-17-7-14-22(29)23(15-17)34-21-5-3-2-4-6-21;15-13-7-6-11(8-9-16)10-14(13)17-12-4-2-1-3-5-12;1-17-13(16)12(15)11(8-2-3-8)9-4-6-10(14)7-5-9/h2*2-7,10-15,18,24-25,31H,8-9,16H2,1H3;1-7,10,16H,8-9H2;4-8,11-12H,2-3H2,1H3/t2*24?,25-,27?;;11-,12?/m11.1/s1. The topological polar surface area (TPSA) is 167 Å². The van der Waals surface area contributed by atoms with E-state index in [9.17, 15) is 42.2 Å². The molecule has 12 nitrogen and oxygen atoms in total. The maximum atomic E-state index is 16.7. The number of para-hydroxylation sites is 3. The third kappa shape index (κ3) is 20.5. The maximum Gasteiger partial charge on any atom is 0.347 e. The van der Waals surface area contributed by atoms with Gasteiger partial charge in [0.25, 0.3) is 0 Å². The Balaban J connectivity index is 0.000000166. The van der Waals surface area contributed by atoms with E-state index in [1.54, 1.807) is 158 Å². The summed E-state index contributed by atoms with van der Waals surface area (Å²) in [4.78, 5) is 36.8. The number of rotatable bonds is 26. The van der Waals surface area contributed by atoms with E-state index in [1.165, 1.54) is 49.6 Å². The molecule has 3 saturated carbocycles. The lowest BCUT2D eigenvalue weighted by atomic mass is 9.75. The quantitative estimate of drug-likeness (QED) is 0.0267. The molecule has 12 rings (SSSR count). The number of aliphatic hydroxyl groups excluding tert-OH is 3. The molecule has 5 unspecified atom stereocenters. The van der Waals surface area contributed by atoms with Crippen LogP contribution in [0.5, 0.6) is 34.5 Å². The summed E-state index contributed by atoms with van der Waals surface area (Å²) in [6, 6.07) is 59.2. The highest BCUT2D eigenvalue weighted by atomic mass is 35.5. The molecule has 9 aromatic carbocycles. The van der Waals surface area contributed by atoms with E-state index in [1.807, 2.05) is 18.2 Å². The van der Waals surface area contributed by atoms with Crippen LogP contribution in [0.1, 0.15) is 89.7 Å². The Morgan fingerprint density at radius 3 is 1.06 bits per heavy atom. The minimum atomic E-state index is -2.71. The van der Waals surface area contributed by atoms with Crippen LogP contribution in [0.25, 0.3) is 0 Å². The zero-order valence-electron chi connectivity index (χ0n) is 56.0. The lowest BCUT2D eigenvalue weighted by molar-refractivity contribution is -0.167. The first-order valence-electron chi connectivity index (χ1n) is 33.1. The first-order valence-corrected chi connectivity index (χ1v) is 34.3. The molecule has 9 aromatic rings. The Labute approximate surface area is 603 Å². The van der Waals surface area contributed by atoms with Crippen LogP contribution in [0, 0.1) is 35.2 Å². The highest BCUT2D eigenvalue weighted by Crippen LogP contribution is 2.54. The fourth-order valence-corrected chi connectivity index (χ4v) is 12.6. The fraction of sp³-hybridized carbons (Fsp3) is 0.296. The average molecular weight is 1460 g/mol. The third-order valence-corrected chi connectivity index (χ3v) is 18.6. The lowest BCUT2D eigenvalue weighted by Crippen LogP contribution is -2.52. The monoisotopic (exact) mass is 1460 g/mol. The van der Waals surface area contributed by atoms with Gasteiger partial charge in [-0.25, -0.2) is 40.7 Å². The second kappa shape index (κ2) is 36.3. The number of carbonyl (C=O) groups excluding carboxylic acids is 3. The van der Waals surface area contributed by atoms with Crippen LogP contribution in [0.3, 0.4) is 0 Å². The van der Waals surface area contributed by atoms with Crippen molar-refractivity contribution in [2.45, 2.75) is 105 Å². The Hall–Kier alpha value is -8.88. The van der Waals surface area contributed by atoms with Gasteiger partial charge in [0.2, 0.25) is 17.5 Å². The van der Waals surface area contributed by atoms with Crippen molar-refractivity contribution in [2.75, 3.05) is 27.9 Å². The number of halogens is 9. The van der Waals surface area contributed by atoms with Gasteiger partial charge >= 0.3 is 17.9 Å². The molecule has 536 valence electrons. The molecule has 0 aromatic heterocycles. The second-order valence-corrected chi connectivity index (χ2v) is 26.4. The lowest BCUT2D eigenvalue weighted by Gasteiger charge is -2.36. The summed E-state index contributed by atoms with van der Waals surface area (Å²) in [5.74, 6) is -5.39. The van der Waals surface area contributed by atoms with E-state index in [0.717, 1.165) is 63.9 Å². The minimum Gasteiger partial charge on any atom is -0.467 e. The van der Waals surface area contributed by atoms with Gasteiger partial charge in [0, 0.05) is 52.3 Å².